The second kappa shape index (κ2) is 13.2. The van der Waals surface area contributed by atoms with Gasteiger partial charge in [0.25, 0.3) is 0 Å². The number of nitrogens with zero attached hydrogens (tertiary/aromatic N) is 2. The van der Waals surface area contributed by atoms with Crippen LogP contribution in [0.2, 0.25) is 0 Å². The molecule has 2 aliphatic heterocycles. The molecule has 9 rings (SSSR count). The largest absolute Gasteiger partial charge is 0.503 e. The van der Waals surface area contributed by atoms with Crippen LogP contribution < -0.4 is 25.9 Å². The summed E-state index contributed by atoms with van der Waals surface area (Å²) in [4.78, 5) is 8.81. The molecule has 7 aromatic rings. The van der Waals surface area contributed by atoms with Gasteiger partial charge in [-0.15, -0.1) is 59.6 Å². The summed E-state index contributed by atoms with van der Waals surface area (Å²) >= 11 is 0. The van der Waals surface area contributed by atoms with Crippen molar-refractivity contribution in [1.82, 2.24) is 9.97 Å². The van der Waals surface area contributed by atoms with Gasteiger partial charge in [-0.05, 0) is 64.7 Å². The number of aromatic nitrogens is 2. The van der Waals surface area contributed by atoms with Crippen LogP contribution in [-0.4, -0.2) is 16.7 Å². The number of benzene rings is 5. The van der Waals surface area contributed by atoms with Gasteiger partial charge in [0.15, 0.2) is 0 Å². The Kier molecular flexibility index (Phi) is 7.56. The van der Waals surface area contributed by atoms with Gasteiger partial charge in [-0.3, -0.25) is 0 Å². The van der Waals surface area contributed by atoms with Gasteiger partial charge in [-0.25, -0.2) is 0 Å². The molecule has 0 unspecified atom stereocenters. The standard InChI is InChI=1S/C30H19BNO2.C11H8N.Ir/c1-19-18-32-25(17-22(19)20-9-3-2-4-10-20)21-11-7-13-24-30(21)34-28-16-8-15-27-29(28)31(24)23-12-5-6-14-26(23)33-27;1-2-6-10(7-3-1)11-8-4-5-9-12-11;/h2-10,12-18H,1H3;1-6,8-9H;/q2*-1;/i1D3;;. The van der Waals surface area contributed by atoms with E-state index in [0.717, 1.165) is 50.5 Å². The molecule has 2 aromatic heterocycles. The Morgan fingerprint density at radius 1 is 0.660 bits per heavy atom. The molecule has 0 amide bonds. The molecule has 0 atom stereocenters. The van der Waals surface area contributed by atoms with Crippen LogP contribution in [0, 0.1) is 19.0 Å². The Bertz CT molecular complexity index is 2250. The monoisotopic (exact) mass is 786 g/mol. The van der Waals surface area contributed by atoms with Gasteiger partial charge in [0.1, 0.15) is 17.2 Å². The van der Waals surface area contributed by atoms with Crippen LogP contribution >= 0.6 is 0 Å². The van der Waals surface area contributed by atoms with E-state index in [9.17, 15) is 0 Å². The van der Waals surface area contributed by atoms with E-state index in [0.29, 0.717) is 22.6 Å². The van der Waals surface area contributed by atoms with E-state index in [2.05, 4.69) is 28.2 Å². The minimum absolute atomic E-state index is 0. The van der Waals surface area contributed by atoms with Crippen molar-refractivity contribution in [3.05, 3.63) is 164 Å². The summed E-state index contributed by atoms with van der Waals surface area (Å²) in [5, 5.41) is 0. The Morgan fingerprint density at radius 3 is 2.26 bits per heavy atom. The maximum Gasteiger partial charge on any atom is 0.241 e. The molecule has 0 fully saturated rings. The molecule has 0 aliphatic carbocycles. The Labute approximate surface area is 292 Å². The van der Waals surface area contributed by atoms with Crippen LogP contribution in [0.4, 0.5) is 0 Å². The van der Waals surface area contributed by atoms with Crippen molar-refractivity contribution in [1.29, 1.82) is 0 Å². The van der Waals surface area contributed by atoms with Crippen molar-refractivity contribution in [2.75, 3.05) is 0 Å². The van der Waals surface area contributed by atoms with Gasteiger partial charge < -0.3 is 19.4 Å². The summed E-state index contributed by atoms with van der Waals surface area (Å²) < 4.78 is 36.9. The number of aryl methyl sites for hydroxylation is 1. The number of para-hydroxylation sites is 1. The Morgan fingerprint density at radius 2 is 1.45 bits per heavy atom. The third-order valence-corrected chi connectivity index (χ3v) is 8.16. The molecule has 47 heavy (non-hydrogen) atoms. The average molecular weight is 786 g/mol. The molecule has 4 heterocycles. The SMILES string of the molecule is [2H]C([2H])([2H])c1cnc(-c2[c-]ccc3c2Oc2cccc4c2B3c2ccccc2O4)cc1-c1ccccc1.[Ir].[c-]1ccccc1-c1ccccn1. The minimum atomic E-state index is -2.30. The Hall–Kier alpha value is -5.29. The fraction of sp³-hybridized carbons (Fsp3) is 0.0244. The van der Waals surface area contributed by atoms with E-state index < -0.39 is 6.85 Å². The van der Waals surface area contributed by atoms with Crippen LogP contribution in [0.3, 0.4) is 0 Å². The molecule has 0 spiro atoms. The molecule has 0 saturated heterocycles. The molecule has 0 N–H and O–H groups in total. The summed E-state index contributed by atoms with van der Waals surface area (Å²) in [5.74, 6) is 3.01. The van der Waals surface area contributed by atoms with Gasteiger partial charge in [0.05, 0.1) is 0 Å². The van der Waals surface area contributed by atoms with E-state index in [1.54, 1.807) is 6.20 Å². The third-order valence-electron chi connectivity index (χ3n) is 8.16. The van der Waals surface area contributed by atoms with Gasteiger partial charge in [-0.2, -0.15) is 0 Å². The van der Waals surface area contributed by atoms with Gasteiger partial charge >= 0.3 is 0 Å². The Balaban J connectivity index is 0.000000255. The smallest absolute Gasteiger partial charge is 0.241 e. The first-order valence-corrected chi connectivity index (χ1v) is 15.0. The number of hydrogen-bond acceptors (Lipinski definition) is 4. The maximum atomic E-state index is 8.07. The fourth-order valence-corrected chi connectivity index (χ4v) is 6.06. The van der Waals surface area contributed by atoms with Crippen LogP contribution in [0.15, 0.2) is 146 Å². The predicted molar refractivity (Wildman–Crippen MR) is 185 cm³/mol. The quantitative estimate of drug-likeness (QED) is 0.136. The number of rotatable bonds is 3. The number of fused-ring (bicyclic) bond motifs is 4. The number of pyridine rings is 2. The summed E-state index contributed by atoms with van der Waals surface area (Å²) in [5.41, 5.74) is 8.00. The molecule has 4 nitrogen and oxygen atoms in total. The maximum absolute atomic E-state index is 8.07. The molecule has 227 valence electrons. The van der Waals surface area contributed by atoms with E-state index >= 15 is 0 Å². The van der Waals surface area contributed by atoms with Crippen molar-refractivity contribution in [3.8, 4) is 56.6 Å². The predicted octanol–water partition coefficient (Wildman–Crippen LogP) is 7.80. The first kappa shape index (κ1) is 26.9. The molecular formula is C41H27BIrN2O2-2. The summed E-state index contributed by atoms with van der Waals surface area (Å²) in [6.07, 6.45) is 3.24. The van der Waals surface area contributed by atoms with Crippen LogP contribution in [0.1, 0.15) is 9.68 Å². The van der Waals surface area contributed by atoms with Gasteiger partial charge in [0, 0.05) is 47.8 Å². The van der Waals surface area contributed by atoms with Crippen molar-refractivity contribution >= 4 is 23.1 Å². The first-order chi connectivity index (χ1) is 24.0. The molecule has 2 aliphatic rings. The molecule has 1 radical (unpaired) electrons. The zero-order valence-electron chi connectivity index (χ0n) is 28.0. The van der Waals surface area contributed by atoms with E-state index in [-0.39, 0.29) is 32.4 Å². The topological polar surface area (TPSA) is 44.2 Å². The summed E-state index contributed by atoms with van der Waals surface area (Å²) in [6.45, 7) is -2.36. The number of ether oxygens (including phenoxy) is 2. The summed E-state index contributed by atoms with van der Waals surface area (Å²) in [7, 11) is 0. The minimum Gasteiger partial charge on any atom is -0.503 e. The first-order valence-electron chi connectivity index (χ1n) is 16.5. The van der Waals surface area contributed by atoms with E-state index in [1.165, 1.54) is 6.20 Å². The van der Waals surface area contributed by atoms with Gasteiger partial charge in [-0.1, -0.05) is 78.4 Å². The van der Waals surface area contributed by atoms with Crippen molar-refractivity contribution in [3.63, 3.8) is 0 Å². The van der Waals surface area contributed by atoms with Crippen LogP contribution in [0.25, 0.3) is 33.6 Å². The van der Waals surface area contributed by atoms with Crippen molar-refractivity contribution < 1.29 is 33.7 Å². The second-order valence-corrected chi connectivity index (χ2v) is 11.0. The van der Waals surface area contributed by atoms with Crippen LogP contribution in [0.5, 0.6) is 23.0 Å². The van der Waals surface area contributed by atoms with Gasteiger partial charge in [0.2, 0.25) is 6.71 Å². The average Bonchev–Trinajstić information content (AvgIpc) is 3.15. The molecule has 0 bridgehead atoms. The second-order valence-electron chi connectivity index (χ2n) is 11.0. The molecule has 5 aromatic carbocycles. The normalized spacial score (nSPS) is 12.9. The third kappa shape index (κ3) is 5.78. The molecular weight excluding hydrogens is 755 g/mol. The van der Waals surface area contributed by atoms with E-state index in [1.807, 2.05) is 127 Å². The number of hydrogen-bond donors (Lipinski definition) is 0. The van der Waals surface area contributed by atoms with E-state index in [4.69, 9.17) is 13.6 Å². The summed E-state index contributed by atoms with van der Waals surface area (Å²) in [6, 6.07) is 49.3. The van der Waals surface area contributed by atoms with Crippen molar-refractivity contribution in [2.24, 2.45) is 0 Å². The zero-order chi connectivity index (χ0) is 33.4. The van der Waals surface area contributed by atoms with Crippen LogP contribution in [-0.2, 0) is 20.1 Å². The van der Waals surface area contributed by atoms with Crippen molar-refractivity contribution in [2.45, 2.75) is 6.85 Å². The molecule has 6 heteroatoms. The fourth-order valence-electron chi connectivity index (χ4n) is 6.06. The molecule has 0 saturated carbocycles. The zero-order valence-corrected chi connectivity index (χ0v) is 27.4.